The molecule has 22 heavy (non-hydrogen) atoms. The molecule has 2 N–H and O–H groups in total. The van der Waals surface area contributed by atoms with Crippen molar-refractivity contribution in [2.24, 2.45) is 0 Å². The number of piperazine rings is 1. The molecule has 1 saturated heterocycles. The lowest BCUT2D eigenvalue weighted by molar-refractivity contribution is 0.0746. The van der Waals surface area contributed by atoms with Crippen LogP contribution in [0.3, 0.4) is 0 Å². The topological polar surface area (TPSA) is 62.5 Å². The van der Waals surface area contributed by atoms with Gasteiger partial charge in [0.1, 0.15) is 5.82 Å². The second-order valence-corrected chi connectivity index (χ2v) is 5.24. The lowest BCUT2D eigenvalue weighted by Gasteiger charge is -2.36. The maximum atomic E-state index is 13.8. The molecule has 5 nitrogen and oxygen atoms in total. The number of nitrogens with zero attached hydrogens (tertiary/aromatic N) is 3. The number of aromatic nitrogens is 1. The minimum atomic E-state index is -0.234. The molecule has 1 fully saturated rings. The van der Waals surface area contributed by atoms with Crippen molar-refractivity contribution in [2.75, 3.05) is 36.8 Å². The van der Waals surface area contributed by atoms with E-state index in [9.17, 15) is 9.18 Å². The zero-order chi connectivity index (χ0) is 15.5. The number of hydrogen-bond acceptors (Lipinski definition) is 4. The molecule has 1 aliphatic rings. The Bertz CT molecular complexity index is 683. The molecular weight excluding hydrogens is 283 g/mol. The van der Waals surface area contributed by atoms with E-state index in [1.54, 1.807) is 23.1 Å². The zero-order valence-electron chi connectivity index (χ0n) is 12.1. The predicted molar refractivity (Wildman–Crippen MR) is 83.2 cm³/mol. The lowest BCUT2D eigenvalue weighted by atomic mass is 10.2. The van der Waals surface area contributed by atoms with E-state index in [1.165, 1.54) is 18.5 Å². The molecule has 114 valence electrons. The van der Waals surface area contributed by atoms with Crippen LogP contribution in [0.4, 0.5) is 15.8 Å². The molecule has 0 bridgehead atoms. The largest absolute Gasteiger partial charge is 0.397 e. The summed E-state index contributed by atoms with van der Waals surface area (Å²) in [5, 5.41) is 0. The van der Waals surface area contributed by atoms with Gasteiger partial charge in [-0.1, -0.05) is 12.1 Å². The van der Waals surface area contributed by atoms with Gasteiger partial charge in [-0.2, -0.15) is 0 Å². The van der Waals surface area contributed by atoms with Gasteiger partial charge in [-0.25, -0.2) is 4.39 Å². The van der Waals surface area contributed by atoms with Crippen LogP contribution < -0.4 is 10.6 Å². The van der Waals surface area contributed by atoms with Crippen molar-refractivity contribution in [1.82, 2.24) is 9.88 Å². The van der Waals surface area contributed by atoms with Crippen LogP contribution in [-0.4, -0.2) is 42.0 Å². The molecule has 0 unspecified atom stereocenters. The van der Waals surface area contributed by atoms with Crippen LogP contribution in [0.2, 0.25) is 0 Å². The molecule has 6 heteroatoms. The zero-order valence-corrected chi connectivity index (χ0v) is 12.1. The van der Waals surface area contributed by atoms with Gasteiger partial charge >= 0.3 is 0 Å². The minimum Gasteiger partial charge on any atom is -0.397 e. The number of amides is 1. The number of halogens is 1. The number of anilines is 2. The number of nitrogens with two attached hydrogens (primary N) is 1. The SMILES string of the molecule is Nc1cncc(C(=O)N2CCN(c3ccccc3F)CC2)c1. The molecule has 0 saturated carbocycles. The fourth-order valence-corrected chi connectivity index (χ4v) is 2.62. The lowest BCUT2D eigenvalue weighted by Crippen LogP contribution is -2.49. The first-order valence-electron chi connectivity index (χ1n) is 7.14. The summed E-state index contributed by atoms with van der Waals surface area (Å²) in [4.78, 5) is 20.0. The fourth-order valence-electron chi connectivity index (χ4n) is 2.62. The van der Waals surface area contributed by atoms with Crippen LogP contribution in [0.15, 0.2) is 42.7 Å². The molecule has 0 spiro atoms. The van der Waals surface area contributed by atoms with Gasteiger partial charge in [-0.3, -0.25) is 9.78 Å². The minimum absolute atomic E-state index is 0.0898. The summed E-state index contributed by atoms with van der Waals surface area (Å²) in [6.45, 7) is 2.29. The van der Waals surface area contributed by atoms with Gasteiger partial charge in [0.25, 0.3) is 5.91 Å². The Balaban J connectivity index is 1.67. The molecular formula is C16H17FN4O. The highest BCUT2D eigenvalue weighted by atomic mass is 19.1. The molecule has 1 aromatic heterocycles. The number of rotatable bonds is 2. The molecule has 3 rings (SSSR count). The fraction of sp³-hybridized carbons (Fsp3) is 0.250. The molecule has 0 atom stereocenters. The summed E-state index contributed by atoms with van der Waals surface area (Å²) < 4.78 is 13.8. The normalized spacial score (nSPS) is 15.0. The Morgan fingerprint density at radius 2 is 1.86 bits per heavy atom. The number of pyridine rings is 1. The summed E-state index contributed by atoms with van der Waals surface area (Å²) >= 11 is 0. The molecule has 0 aliphatic carbocycles. The Hall–Kier alpha value is -2.63. The van der Waals surface area contributed by atoms with Crippen LogP contribution in [0.25, 0.3) is 0 Å². The highest BCUT2D eigenvalue weighted by Crippen LogP contribution is 2.20. The van der Waals surface area contributed by atoms with Crippen molar-refractivity contribution in [3.63, 3.8) is 0 Å². The molecule has 0 radical (unpaired) electrons. The number of nitrogen functional groups attached to an aromatic ring is 1. The Morgan fingerprint density at radius 1 is 1.14 bits per heavy atom. The molecule has 2 heterocycles. The Morgan fingerprint density at radius 3 is 2.55 bits per heavy atom. The third kappa shape index (κ3) is 2.86. The summed E-state index contributed by atoms with van der Waals surface area (Å²) in [5.41, 5.74) is 7.19. The maximum Gasteiger partial charge on any atom is 0.255 e. The van der Waals surface area contributed by atoms with Gasteiger partial charge in [0.15, 0.2) is 0 Å². The first-order valence-corrected chi connectivity index (χ1v) is 7.14. The number of para-hydroxylation sites is 1. The van der Waals surface area contributed by atoms with Crippen molar-refractivity contribution >= 4 is 17.3 Å². The van der Waals surface area contributed by atoms with Crippen LogP contribution in [0.5, 0.6) is 0 Å². The van der Waals surface area contributed by atoms with Gasteiger partial charge < -0.3 is 15.5 Å². The van der Waals surface area contributed by atoms with E-state index in [2.05, 4.69) is 4.98 Å². The van der Waals surface area contributed by atoms with Gasteiger partial charge in [0.05, 0.1) is 16.9 Å². The van der Waals surface area contributed by atoms with Crippen molar-refractivity contribution < 1.29 is 9.18 Å². The number of carbonyl (C=O) groups excluding carboxylic acids is 1. The maximum absolute atomic E-state index is 13.8. The number of carbonyl (C=O) groups is 1. The van der Waals surface area contributed by atoms with Crippen LogP contribution >= 0.6 is 0 Å². The average molecular weight is 300 g/mol. The van der Waals surface area contributed by atoms with E-state index in [-0.39, 0.29) is 11.7 Å². The van der Waals surface area contributed by atoms with E-state index >= 15 is 0 Å². The highest BCUT2D eigenvalue weighted by molar-refractivity contribution is 5.94. The first-order chi connectivity index (χ1) is 10.6. The smallest absolute Gasteiger partial charge is 0.255 e. The van der Waals surface area contributed by atoms with E-state index in [1.807, 2.05) is 11.0 Å². The van der Waals surface area contributed by atoms with Crippen LogP contribution in [-0.2, 0) is 0 Å². The van der Waals surface area contributed by atoms with Crippen molar-refractivity contribution in [2.45, 2.75) is 0 Å². The Kier molecular flexibility index (Phi) is 3.91. The first kappa shape index (κ1) is 14.3. The van der Waals surface area contributed by atoms with Crippen molar-refractivity contribution in [3.8, 4) is 0 Å². The van der Waals surface area contributed by atoms with E-state index < -0.39 is 0 Å². The van der Waals surface area contributed by atoms with Crippen molar-refractivity contribution in [3.05, 3.63) is 54.1 Å². The Labute approximate surface area is 128 Å². The molecule has 1 amide bonds. The van der Waals surface area contributed by atoms with E-state index in [0.29, 0.717) is 43.1 Å². The van der Waals surface area contributed by atoms with Gasteiger partial charge in [-0.15, -0.1) is 0 Å². The summed E-state index contributed by atoms with van der Waals surface area (Å²) in [6.07, 6.45) is 3.02. The van der Waals surface area contributed by atoms with Gasteiger partial charge in [-0.05, 0) is 18.2 Å². The molecule has 2 aromatic rings. The van der Waals surface area contributed by atoms with Crippen LogP contribution in [0.1, 0.15) is 10.4 Å². The molecule has 1 aliphatic heterocycles. The summed E-state index contributed by atoms with van der Waals surface area (Å²) in [6, 6.07) is 8.32. The highest BCUT2D eigenvalue weighted by Gasteiger charge is 2.23. The predicted octanol–water partition coefficient (Wildman–Crippen LogP) is 1.77. The molecule has 1 aromatic carbocycles. The average Bonchev–Trinajstić information content (AvgIpc) is 2.55. The quantitative estimate of drug-likeness (QED) is 0.918. The van der Waals surface area contributed by atoms with E-state index in [0.717, 1.165) is 0 Å². The van der Waals surface area contributed by atoms with Crippen LogP contribution in [0, 0.1) is 5.82 Å². The van der Waals surface area contributed by atoms with E-state index in [4.69, 9.17) is 5.73 Å². The monoisotopic (exact) mass is 300 g/mol. The third-order valence-electron chi connectivity index (χ3n) is 3.77. The van der Waals surface area contributed by atoms with Gasteiger partial charge in [0, 0.05) is 38.6 Å². The van der Waals surface area contributed by atoms with Crippen molar-refractivity contribution in [1.29, 1.82) is 0 Å². The third-order valence-corrected chi connectivity index (χ3v) is 3.77. The standard InChI is InChI=1S/C16H17FN4O/c17-14-3-1-2-4-15(14)20-5-7-21(8-6-20)16(22)12-9-13(18)11-19-10-12/h1-4,9-11H,5-8,18H2. The summed E-state index contributed by atoms with van der Waals surface area (Å²) in [7, 11) is 0. The summed E-state index contributed by atoms with van der Waals surface area (Å²) in [5.74, 6) is -0.324. The second-order valence-electron chi connectivity index (χ2n) is 5.24. The number of benzene rings is 1. The second kappa shape index (κ2) is 6.01. The number of hydrogen-bond donors (Lipinski definition) is 1. The van der Waals surface area contributed by atoms with Gasteiger partial charge in [0.2, 0.25) is 0 Å².